The van der Waals surface area contributed by atoms with Gasteiger partial charge in [-0.3, -0.25) is 0 Å². The molecule has 0 radical (unpaired) electrons. The summed E-state index contributed by atoms with van der Waals surface area (Å²) in [5.41, 5.74) is 7.24. The number of rotatable bonds is 5. The van der Waals surface area contributed by atoms with Crippen LogP contribution >= 0.6 is 11.6 Å². The van der Waals surface area contributed by atoms with Crippen molar-refractivity contribution in [3.8, 4) is 0 Å². The van der Waals surface area contributed by atoms with Gasteiger partial charge in [0.2, 0.25) is 0 Å². The van der Waals surface area contributed by atoms with Crippen molar-refractivity contribution in [1.82, 2.24) is 0 Å². The minimum absolute atomic E-state index is 0.272. The molecule has 1 atom stereocenters. The van der Waals surface area contributed by atoms with Gasteiger partial charge in [-0.15, -0.1) is 0 Å². The van der Waals surface area contributed by atoms with Crippen LogP contribution in [-0.4, -0.2) is 6.04 Å². The quantitative estimate of drug-likeness (QED) is 0.794. The Morgan fingerprint density at radius 1 is 1.43 bits per heavy atom. The van der Waals surface area contributed by atoms with E-state index in [1.807, 2.05) is 18.2 Å². The van der Waals surface area contributed by atoms with Crippen LogP contribution in [0, 0.1) is 0 Å². The van der Waals surface area contributed by atoms with Crippen molar-refractivity contribution in [2.24, 2.45) is 5.73 Å². The fourth-order valence-electron chi connectivity index (χ4n) is 1.54. The molecule has 0 spiro atoms. The minimum atomic E-state index is 0.272. The molecule has 0 fully saturated rings. The molecule has 1 aromatic rings. The lowest BCUT2D eigenvalue weighted by molar-refractivity contribution is 0.574. The van der Waals surface area contributed by atoms with Crippen LogP contribution in [0.1, 0.15) is 31.7 Å². The van der Waals surface area contributed by atoms with Gasteiger partial charge in [0.25, 0.3) is 0 Å². The van der Waals surface area contributed by atoms with E-state index in [0.717, 1.165) is 17.9 Å². The molecular formula is C12H18ClN. The molecule has 1 unspecified atom stereocenters. The van der Waals surface area contributed by atoms with Crippen molar-refractivity contribution < 1.29 is 0 Å². The van der Waals surface area contributed by atoms with Crippen molar-refractivity contribution >= 4 is 11.6 Å². The highest BCUT2D eigenvalue weighted by atomic mass is 35.5. The smallest absolute Gasteiger partial charge is 0.0408 e. The summed E-state index contributed by atoms with van der Waals surface area (Å²) in [7, 11) is 0. The third-order valence-corrected chi connectivity index (χ3v) is 2.55. The van der Waals surface area contributed by atoms with Crippen LogP contribution in [0.2, 0.25) is 5.02 Å². The highest BCUT2D eigenvalue weighted by Crippen LogP contribution is 2.13. The van der Waals surface area contributed by atoms with E-state index in [1.165, 1.54) is 18.4 Å². The Labute approximate surface area is 91.3 Å². The molecule has 0 amide bonds. The second kappa shape index (κ2) is 6.05. The summed E-state index contributed by atoms with van der Waals surface area (Å²) < 4.78 is 0. The zero-order chi connectivity index (χ0) is 10.4. The maximum atomic E-state index is 6.00. The number of unbranched alkanes of at least 4 members (excludes halogenated alkanes) is 1. The third kappa shape index (κ3) is 4.12. The molecule has 0 saturated heterocycles. The Morgan fingerprint density at radius 2 is 2.21 bits per heavy atom. The first-order valence-corrected chi connectivity index (χ1v) is 5.60. The molecule has 0 heterocycles. The van der Waals surface area contributed by atoms with Gasteiger partial charge in [0.05, 0.1) is 0 Å². The third-order valence-electron chi connectivity index (χ3n) is 2.32. The second-order valence-corrected chi connectivity index (χ2v) is 4.17. The molecule has 14 heavy (non-hydrogen) atoms. The monoisotopic (exact) mass is 211 g/mol. The largest absolute Gasteiger partial charge is 0.327 e. The van der Waals surface area contributed by atoms with Crippen LogP contribution in [0.4, 0.5) is 0 Å². The first-order valence-electron chi connectivity index (χ1n) is 5.22. The van der Waals surface area contributed by atoms with Crippen molar-refractivity contribution in [1.29, 1.82) is 0 Å². The van der Waals surface area contributed by atoms with Crippen LogP contribution in [0.25, 0.3) is 0 Å². The predicted molar refractivity (Wildman–Crippen MR) is 62.7 cm³/mol. The zero-order valence-electron chi connectivity index (χ0n) is 8.67. The van der Waals surface area contributed by atoms with E-state index >= 15 is 0 Å². The average Bonchev–Trinajstić information content (AvgIpc) is 2.15. The predicted octanol–water partition coefficient (Wildman–Crippen LogP) is 3.40. The molecule has 0 bridgehead atoms. The maximum absolute atomic E-state index is 6.00. The molecule has 0 aromatic heterocycles. The van der Waals surface area contributed by atoms with Gasteiger partial charge >= 0.3 is 0 Å². The maximum Gasteiger partial charge on any atom is 0.0408 e. The standard InChI is InChI=1S/C12H18ClN/c1-2-3-7-12(14)9-10-5-4-6-11(13)8-10/h4-6,8,12H,2-3,7,9,14H2,1H3. The lowest BCUT2D eigenvalue weighted by atomic mass is 10.0. The molecule has 2 heteroatoms. The highest BCUT2D eigenvalue weighted by molar-refractivity contribution is 6.30. The lowest BCUT2D eigenvalue weighted by Gasteiger charge is -2.10. The van der Waals surface area contributed by atoms with Gasteiger partial charge in [-0.25, -0.2) is 0 Å². The number of hydrogen-bond donors (Lipinski definition) is 1. The van der Waals surface area contributed by atoms with Gasteiger partial charge in [-0.1, -0.05) is 43.5 Å². The van der Waals surface area contributed by atoms with E-state index in [9.17, 15) is 0 Å². The number of hydrogen-bond acceptors (Lipinski definition) is 1. The van der Waals surface area contributed by atoms with E-state index in [4.69, 9.17) is 17.3 Å². The Balaban J connectivity index is 2.43. The first-order chi connectivity index (χ1) is 6.72. The summed E-state index contributed by atoms with van der Waals surface area (Å²) >= 11 is 5.89. The molecule has 2 N–H and O–H groups in total. The molecule has 1 rings (SSSR count). The molecule has 1 aromatic carbocycles. The van der Waals surface area contributed by atoms with Crippen LogP contribution < -0.4 is 5.73 Å². The van der Waals surface area contributed by atoms with Gasteiger partial charge in [-0.05, 0) is 30.5 Å². The van der Waals surface area contributed by atoms with Crippen LogP contribution in [0.15, 0.2) is 24.3 Å². The molecule has 0 aliphatic carbocycles. The summed E-state index contributed by atoms with van der Waals surface area (Å²) in [5.74, 6) is 0. The normalized spacial score (nSPS) is 12.8. The molecule has 0 saturated carbocycles. The Morgan fingerprint density at radius 3 is 2.86 bits per heavy atom. The number of halogens is 1. The van der Waals surface area contributed by atoms with E-state index < -0.39 is 0 Å². The Hall–Kier alpha value is -0.530. The Kier molecular flexibility index (Phi) is 4.99. The summed E-state index contributed by atoms with van der Waals surface area (Å²) in [5, 5.41) is 0.796. The van der Waals surface area contributed by atoms with Crippen molar-refractivity contribution in [2.45, 2.75) is 38.6 Å². The van der Waals surface area contributed by atoms with Gasteiger partial charge < -0.3 is 5.73 Å². The topological polar surface area (TPSA) is 26.0 Å². The van der Waals surface area contributed by atoms with Crippen LogP contribution in [0.5, 0.6) is 0 Å². The lowest BCUT2D eigenvalue weighted by Crippen LogP contribution is -2.22. The summed E-state index contributed by atoms with van der Waals surface area (Å²) in [4.78, 5) is 0. The van der Waals surface area contributed by atoms with E-state index in [0.29, 0.717) is 0 Å². The second-order valence-electron chi connectivity index (χ2n) is 3.74. The van der Waals surface area contributed by atoms with Crippen molar-refractivity contribution in [2.75, 3.05) is 0 Å². The van der Waals surface area contributed by atoms with Crippen LogP contribution in [-0.2, 0) is 6.42 Å². The fourth-order valence-corrected chi connectivity index (χ4v) is 1.75. The van der Waals surface area contributed by atoms with E-state index in [1.54, 1.807) is 0 Å². The van der Waals surface area contributed by atoms with Crippen LogP contribution in [0.3, 0.4) is 0 Å². The van der Waals surface area contributed by atoms with Gasteiger partial charge in [0.15, 0.2) is 0 Å². The van der Waals surface area contributed by atoms with E-state index in [-0.39, 0.29) is 6.04 Å². The molecular weight excluding hydrogens is 194 g/mol. The van der Waals surface area contributed by atoms with Crippen molar-refractivity contribution in [3.63, 3.8) is 0 Å². The zero-order valence-corrected chi connectivity index (χ0v) is 9.43. The molecule has 78 valence electrons. The van der Waals surface area contributed by atoms with Gasteiger partial charge in [0, 0.05) is 11.1 Å². The molecule has 0 aliphatic rings. The minimum Gasteiger partial charge on any atom is -0.327 e. The van der Waals surface area contributed by atoms with Crippen molar-refractivity contribution in [3.05, 3.63) is 34.9 Å². The molecule has 1 nitrogen and oxygen atoms in total. The summed E-state index contributed by atoms with van der Waals surface area (Å²) in [6, 6.07) is 8.21. The molecule has 0 aliphatic heterocycles. The highest BCUT2D eigenvalue weighted by Gasteiger charge is 2.03. The first kappa shape index (κ1) is 11.5. The SMILES string of the molecule is CCCCC(N)Cc1cccc(Cl)c1. The Bertz CT molecular complexity index is 273. The summed E-state index contributed by atoms with van der Waals surface area (Å²) in [6.07, 6.45) is 4.45. The summed E-state index contributed by atoms with van der Waals surface area (Å²) in [6.45, 7) is 2.19. The fraction of sp³-hybridized carbons (Fsp3) is 0.500. The average molecular weight is 212 g/mol. The van der Waals surface area contributed by atoms with E-state index in [2.05, 4.69) is 13.0 Å². The van der Waals surface area contributed by atoms with Gasteiger partial charge in [-0.2, -0.15) is 0 Å². The number of nitrogens with two attached hydrogens (primary N) is 1. The van der Waals surface area contributed by atoms with Gasteiger partial charge in [0.1, 0.15) is 0 Å². The number of benzene rings is 1.